The molecule has 0 aliphatic carbocycles. The van der Waals surface area contributed by atoms with Gasteiger partial charge in [-0.15, -0.1) is 0 Å². The predicted molar refractivity (Wildman–Crippen MR) is 98.4 cm³/mol. The summed E-state index contributed by atoms with van der Waals surface area (Å²) in [6.45, 7) is 4.92. The van der Waals surface area contributed by atoms with Crippen molar-refractivity contribution in [2.75, 3.05) is 13.2 Å². The van der Waals surface area contributed by atoms with E-state index in [9.17, 15) is 0 Å². The molecule has 3 rings (SSSR count). The van der Waals surface area contributed by atoms with Gasteiger partial charge in [0.25, 0.3) is 0 Å². The highest BCUT2D eigenvalue weighted by Crippen LogP contribution is 2.48. The summed E-state index contributed by atoms with van der Waals surface area (Å²) in [5.74, 6) is 1.89. The minimum atomic E-state index is -0.211. The zero-order valence-electron chi connectivity index (χ0n) is 15.4. The van der Waals surface area contributed by atoms with Crippen LogP contribution in [0.5, 0.6) is 0 Å². The average molecular weight is 320 g/mol. The fraction of sp³-hybridized carbons (Fsp3) is 1.00. The van der Waals surface area contributed by atoms with Crippen LogP contribution in [0.15, 0.2) is 0 Å². The van der Waals surface area contributed by atoms with Crippen molar-refractivity contribution in [2.24, 2.45) is 0 Å². The summed E-state index contributed by atoms with van der Waals surface area (Å²) >= 11 is 0. The molecule has 3 heteroatoms. The third-order valence-corrected chi connectivity index (χ3v) is 6.83. The first-order chi connectivity index (χ1) is 11.3. The maximum atomic E-state index is 6.08. The molecule has 23 heavy (non-hydrogen) atoms. The Bertz CT molecular complexity index is 319. The van der Waals surface area contributed by atoms with Crippen LogP contribution >= 0.6 is 0 Å². The molecular formula is C20H37BO2. The van der Waals surface area contributed by atoms with Crippen molar-refractivity contribution in [3.63, 3.8) is 0 Å². The van der Waals surface area contributed by atoms with Gasteiger partial charge in [0.2, 0.25) is 0 Å². The fourth-order valence-corrected chi connectivity index (χ4v) is 5.62. The molecule has 132 valence electrons. The van der Waals surface area contributed by atoms with Crippen LogP contribution in [0.2, 0.25) is 18.0 Å². The maximum absolute atomic E-state index is 6.08. The normalized spacial score (nSPS) is 29.9. The SMILES string of the molecule is CCCCCCC1(CCCB2C3CCCC2CCC3)OCCO1. The lowest BCUT2D eigenvalue weighted by Crippen LogP contribution is -2.35. The van der Waals surface area contributed by atoms with Crippen molar-refractivity contribution in [1.29, 1.82) is 0 Å². The lowest BCUT2D eigenvalue weighted by atomic mass is 9.26. The zero-order chi connectivity index (χ0) is 16.0. The van der Waals surface area contributed by atoms with Crippen LogP contribution in [-0.4, -0.2) is 25.7 Å². The first-order valence-electron chi connectivity index (χ1n) is 10.6. The maximum Gasteiger partial charge on any atom is 0.168 e. The van der Waals surface area contributed by atoms with Crippen molar-refractivity contribution in [3.8, 4) is 0 Å². The van der Waals surface area contributed by atoms with E-state index in [1.165, 1.54) is 76.9 Å². The molecule has 3 aliphatic rings. The van der Waals surface area contributed by atoms with Crippen LogP contribution in [0.1, 0.15) is 90.4 Å². The molecule has 0 amide bonds. The van der Waals surface area contributed by atoms with Gasteiger partial charge in [-0.2, -0.15) is 0 Å². The van der Waals surface area contributed by atoms with Crippen LogP contribution in [0.3, 0.4) is 0 Å². The average Bonchev–Trinajstić information content (AvgIpc) is 3.00. The minimum absolute atomic E-state index is 0.211. The second kappa shape index (κ2) is 8.90. The second-order valence-corrected chi connectivity index (χ2v) is 8.36. The van der Waals surface area contributed by atoms with Gasteiger partial charge in [-0.05, 0) is 6.42 Å². The molecule has 2 nitrogen and oxygen atoms in total. The largest absolute Gasteiger partial charge is 0.348 e. The molecule has 2 bridgehead atoms. The summed E-state index contributed by atoms with van der Waals surface area (Å²) < 4.78 is 12.2. The molecule has 3 saturated heterocycles. The molecule has 0 aromatic carbocycles. The number of hydrogen-bond acceptors (Lipinski definition) is 2. The van der Waals surface area contributed by atoms with Crippen molar-refractivity contribution in [2.45, 2.75) is 114 Å². The Hall–Kier alpha value is -0.0151. The molecule has 0 aromatic rings. The zero-order valence-corrected chi connectivity index (χ0v) is 15.4. The Balaban J connectivity index is 1.43. The first kappa shape index (κ1) is 17.8. The van der Waals surface area contributed by atoms with Crippen molar-refractivity contribution in [3.05, 3.63) is 0 Å². The van der Waals surface area contributed by atoms with E-state index in [1.54, 1.807) is 0 Å². The molecule has 3 fully saturated rings. The fourth-order valence-electron chi connectivity index (χ4n) is 5.62. The van der Waals surface area contributed by atoms with Gasteiger partial charge in [0.1, 0.15) is 6.71 Å². The van der Waals surface area contributed by atoms with Crippen LogP contribution in [0.4, 0.5) is 0 Å². The summed E-state index contributed by atoms with van der Waals surface area (Å²) in [6, 6.07) is 0. The van der Waals surface area contributed by atoms with Gasteiger partial charge < -0.3 is 9.47 Å². The molecule has 3 aliphatic heterocycles. The van der Waals surface area contributed by atoms with Gasteiger partial charge in [0.05, 0.1) is 13.2 Å². The summed E-state index contributed by atoms with van der Waals surface area (Å²) in [7, 11) is 0. The second-order valence-electron chi connectivity index (χ2n) is 8.36. The summed E-state index contributed by atoms with van der Waals surface area (Å²) in [4.78, 5) is 0. The van der Waals surface area contributed by atoms with Crippen LogP contribution in [0, 0.1) is 0 Å². The third kappa shape index (κ3) is 4.75. The van der Waals surface area contributed by atoms with E-state index in [0.29, 0.717) is 0 Å². The van der Waals surface area contributed by atoms with E-state index in [-0.39, 0.29) is 5.79 Å². The number of rotatable bonds is 9. The molecule has 0 saturated carbocycles. The smallest absolute Gasteiger partial charge is 0.168 e. The van der Waals surface area contributed by atoms with Crippen molar-refractivity contribution >= 4 is 6.71 Å². The standard InChI is InChI=1S/C20H37BO2/c1-2-3-4-5-13-20(22-16-17-23-20)14-8-15-21-18-9-6-10-19(21)12-7-11-18/h18-19H,2-17H2,1H3. The molecule has 0 N–H and O–H groups in total. The minimum Gasteiger partial charge on any atom is -0.348 e. The lowest BCUT2D eigenvalue weighted by molar-refractivity contribution is -0.167. The molecule has 0 radical (unpaired) electrons. The molecular weight excluding hydrogens is 283 g/mol. The molecule has 0 aromatic heterocycles. The Kier molecular flexibility index (Phi) is 6.89. The van der Waals surface area contributed by atoms with Crippen molar-refractivity contribution < 1.29 is 9.47 Å². The topological polar surface area (TPSA) is 18.5 Å². The van der Waals surface area contributed by atoms with E-state index >= 15 is 0 Å². The van der Waals surface area contributed by atoms with Gasteiger partial charge in [-0.1, -0.05) is 89.1 Å². The van der Waals surface area contributed by atoms with Crippen LogP contribution < -0.4 is 0 Å². The highest BCUT2D eigenvalue weighted by Gasteiger charge is 2.40. The Labute approximate surface area is 144 Å². The Morgan fingerprint density at radius 2 is 1.43 bits per heavy atom. The predicted octanol–water partition coefficient (Wildman–Crippen LogP) is 6.08. The number of hydrogen-bond donors (Lipinski definition) is 0. The van der Waals surface area contributed by atoms with Crippen LogP contribution in [0.25, 0.3) is 0 Å². The van der Waals surface area contributed by atoms with E-state index in [1.807, 2.05) is 0 Å². The van der Waals surface area contributed by atoms with E-state index < -0.39 is 0 Å². The van der Waals surface area contributed by atoms with Gasteiger partial charge >= 0.3 is 0 Å². The third-order valence-electron chi connectivity index (χ3n) is 6.83. The molecule has 0 spiro atoms. The Morgan fingerprint density at radius 3 is 2.04 bits per heavy atom. The monoisotopic (exact) mass is 320 g/mol. The van der Waals surface area contributed by atoms with E-state index in [4.69, 9.17) is 9.47 Å². The van der Waals surface area contributed by atoms with E-state index in [2.05, 4.69) is 6.92 Å². The highest BCUT2D eigenvalue weighted by molar-refractivity contribution is 6.62. The quantitative estimate of drug-likeness (QED) is 0.378. The number of fused-ring (bicyclic) bond motifs is 2. The number of unbranched alkanes of at least 4 members (excludes halogenated alkanes) is 3. The summed E-state index contributed by atoms with van der Waals surface area (Å²) in [5.41, 5.74) is 0. The summed E-state index contributed by atoms with van der Waals surface area (Å²) in [6.07, 6.45) is 19.3. The molecule has 0 unspecified atom stereocenters. The number of ether oxygens (including phenoxy) is 2. The van der Waals surface area contributed by atoms with Gasteiger partial charge in [0.15, 0.2) is 5.79 Å². The molecule has 3 heterocycles. The molecule has 0 atom stereocenters. The highest BCUT2D eigenvalue weighted by atomic mass is 16.7. The van der Waals surface area contributed by atoms with Crippen LogP contribution in [-0.2, 0) is 9.47 Å². The Morgan fingerprint density at radius 1 is 0.826 bits per heavy atom. The van der Waals surface area contributed by atoms with Gasteiger partial charge in [-0.3, -0.25) is 0 Å². The summed E-state index contributed by atoms with van der Waals surface area (Å²) in [5, 5.41) is 0. The van der Waals surface area contributed by atoms with Gasteiger partial charge in [0, 0.05) is 12.8 Å². The lowest BCUT2D eigenvalue weighted by Gasteiger charge is -2.41. The van der Waals surface area contributed by atoms with Gasteiger partial charge in [-0.25, -0.2) is 0 Å². The van der Waals surface area contributed by atoms with Crippen molar-refractivity contribution in [1.82, 2.24) is 0 Å². The first-order valence-corrected chi connectivity index (χ1v) is 10.6. The van der Waals surface area contributed by atoms with E-state index in [0.717, 1.165) is 44.4 Å².